The molecule has 0 bridgehead atoms. The molecule has 1 aliphatic heterocycles. The minimum absolute atomic E-state index is 0.542. The van der Waals surface area contributed by atoms with Crippen LogP contribution < -0.4 is 19.7 Å². The fourth-order valence-corrected chi connectivity index (χ4v) is 2.72. The molecule has 0 aliphatic carbocycles. The minimum Gasteiger partial charge on any atom is -0.486 e. The molecular weight excluding hydrogens is 314 g/mol. The number of halogens is 1. The third-order valence-electron chi connectivity index (χ3n) is 3.58. The van der Waals surface area contributed by atoms with Gasteiger partial charge in [-0.3, -0.25) is 0 Å². The maximum Gasteiger partial charge on any atom is 0.179 e. The van der Waals surface area contributed by atoms with E-state index in [0.717, 1.165) is 23.7 Å². The van der Waals surface area contributed by atoms with Crippen molar-refractivity contribution in [2.45, 2.75) is 13.1 Å². The lowest BCUT2D eigenvalue weighted by Gasteiger charge is -2.20. The Morgan fingerprint density at radius 3 is 2.74 bits per heavy atom. The second-order valence-corrected chi connectivity index (χ2v) is 6.03. The summed E-state index contributed by atoms with van der Waals surface area (Å²) in [6.07, 6.45) is 1.83. The standard InChI is InChI=1S/C17H20ClN3O2/c1-21(2)16-9-12(3-4-20-16)10-19-11-13-7-14(18)17-15(8-13)22-5-6-23-17/h3-4,7-9,19H,5-6,10-11H2,1-2H3. The summed E-state index contributed by atoms with van der Waals surface area (Å²) in [7, 11) is 3.97. The van der Waals surface area contributed by atoms with Crippen LogP contribution in [-0.2, 0) is 13.1 Å². The molecule has 0 unspecified atom stereocenters. The van der Waals surface area contributed by atoms with Gasteiger partial charge in [0, 0.05) is 33.4 Å². The number of fused-ring (bicyclic) bond motifs is 1. The van der Waals surface area contributed by atoms with E-state index in [-0.39, 0.29) is 0 Å². The van der Waals surface area contributed by atoms with Crippen molar-refractivity contribution in [2.24, 2.45) is 0 Å². The number of hydrogen-bond donors (Lipinski definition) is 1. The molecule has 0 radical (unpaired) electrons. The van der Waals surface area contributed by atoms with Gasteiger partial charge in [-0.15, -0.1) is 0 Å². The second kappa shape index (κ2) is 7.06. The van der Waals surface area contributed by atoms with Gasteiger partial charge in [0.25, 0.3) is 0 Å². The van der Waals surface area contributed by atoms with Gasteiger partial charge < -0.3 is 19.7 Å². The summed E-state index contributed by atoms with van der Waals surface area (Å²) in [6, 6.07) is 7.98. The van der Waals surface area contributed by atoms with Crippen molar-refractivity contribution in [3.05, 3.63) is 46.6 Å². The predicted octanol–water partition coefficient (Wildman–Crippen LogP) is 2.86. The van der Waals surface area contributed by atoms with E-state index in [0.29, 0.717) is 30.5 Å². The van der Waals surface area contributed by atoms with Crippen LogP contribution in [0.5, 0.6) is 11.5 Å². The van der Waals surface area contributed by atoms with E-state index in [1.807, 2.05) is 43.4 Å². The molecule has 1 aromatic carbocycles. The first kappa shape index (κ1) is 15.9. The fraction of sp³-hybridized carbons (Fsp3) is 0.353. The molecule has 0 spiro atoms. The van der Waals surface area contributed by atoms with Gasteiger partial charge in [-0.2, -0.15) is 0 Å². The molecule has 0 saturated carbocycles. The number of aromatic nitrogens is 1. The lowest BCUT2D eigenvalue weighted by atomic mass is 10.2. The maximum atomic E-state index is 6.25. The number of nitrogens with one attached hydrogen (secondary N) is 1. The van der Waals surface area contributed by atoms with E-state index in [1.165, 1.54) is 5.56 Å². The molecular formula is C17H20ClN3O2. The molecule has 2 aromatic rings. The summed E-state index contributed by atoms with van der Waals surface area (Å²) in [6.45, 7) is 2.57. The average molecular weight is 334 g/mol. The van der Waals surface area contributed by atoms with E-state index in [9.17, 15) is 0 Å². The predicted molar refractivity (Wildman–Crippen MR) is 91.5 cm³/mol. The third kappa shape index (κ3) is 3.86. The lowest BCUT2D eigenvalue weighted by molar-refractivity contribution is 0.171. The molecule has 0 saturated heterocycles. The van der Waals surface area contributed by atoms with Crippen LogP contribution in [0.25, 0.3) is 0 Å². The average Bonchev–Trinajstić information content (AvgIpc) is 2.55. The van der Waals surface area contributed by atoms with Gasteiger partial charge in [0.05, 0.1) is 5.02 Å². The van der Waals surface area contributed by atoms with Crippen LogP contribution in [0.3, 0.4) is 0 Å². The van der Waals surface area contributed by atoms with Gasteiger partial charge in [-0.25, -0.2) is 4.98 Å². The Morgan fingerprint density at radius 2 is 1.91 bits per heavy atom. The monoisotopic (exact) mass is 333 g/mol. The number of rotatable bonds is 5. The zero-order valence-corrected chi connectivity index (χ0v) is 14.1. The van der Waals surface area contributed by atoms with Gasteiger partial charge in [0.2, 0.25) is 0 Å². The summed E-state index contributed by atoms with van der Waals surface area (Å²) in [5, 5.41) is 4.01. The first-order valence-corrected chi connectivity index (χ1v) is 7.92. The van der Waals surface area contributed by atoms with Gasteiger partial charge in [0.1, 0.15) is 19.0 Å². The first-order chi connectivity index (χ1) is 11.1. The van der Waals surface area contributed by atoms with Crippen molar-refractivity contribution < 1.29 is 9.47 Å². The van der Waals surface area contributed by atoms with Crippen molar-refractivity contribution in [1.29, 1.82) is 0 Å². The quantitative estimate of drug-likeness (QED) is 0.911. The van der Waals surface area contributed by atoms with E-state index >= 15 is 0 Å². The lowest BCUT2D eigenvalue weighted by Crippen LogP contribution is -2.17. The molecule has 0 atom stereocenters. The third-order valence-corrected chi connectivity index (χ3v) is 3.86. The molecule has 2 heterocycles. The summed E-state index contributed by atoms with van der Waals surface area (Å²) < 4.78 is 11.1. The van der Waals surface area contributed by atoms with Crippen LogP contribution >= 0.6 is 11.6 Å². The van der Waals surface area contributed by atoms with E-state index in [4.69, 9.17) is 21.1 Å². The van der Waals surface area contributed by atoms with Gasteiger partial charge in [-0.1, -0.05) is 11.6 Å². The smallest absolute Gasteiger partial charge is 0.179 e. The highest BCUT2D eigenvalue weighted by Crippen LogP contribution is 2.38. The Hall–Kier alpha value is -1.98. The second-order valence-electron chi connectivity index (χ2n) is 5.62. The van der Waals surface area contributed by atoms with Crippen LogP contribution in [0.2, 0.25) is 5.02 Å². The molecule has 23 heavy (non-hydrogen) atoms. The zero-order chi connectivity index (χ0) is 16.2. The number of benzene rings is 1. The van der Waals surface area contributed by atoms with Crippen molar-refractivity contribution in [3.63, 3.8) is 0 Å². The number of ether oxygens (including phenoxy) is 2. The van der Waals surface area contributed by atoms with Gasteiger partial charge >= 0.3 is 0 Å². The van der Waals surface area contributed by atoms with E-state index in [1.54, 1.807) is 0 Å². The summed E-state index contributed by atoms with van der Waals surface area (Å²) in [4.78, 5) is 6.31. The van der Waals surface area contributed by atoms with Crippen LogP contribution in [0.1, 0.15) is 11.1 Å². The van der Waals surface area contributed by atoms with Crippen molar-refractivity contribution >= 4 is 17.4 Å². The maximum absolute atomic E-state index is 6.25. The summed E-state index contributed by atoms with van der Waals surface area (Å²) in [5.41, 5.74) is 2.26. The van der Waals surface area contributed by atoms with E-state index in [2.05, 4.69) is 16.4 Å². The molecule has 5 nitrogen and oxygen atoms in total. The van der Waals surface area contributed by atoms with Crippen LogP contribution in [0.4, 0.5) is 5.82 Å². The summed E-state index contributed by atoms with van der Waals surface area (Å²) >= 11 is 6.25. The fourth-order valence-electron chi connectivity index (χ4n) is 2.43. The highest BCUT2D eigenvalue weighted by molar-refractivity contribution is 6.32. The Kier molecular flexibility index (Phi) is 4.88. The molecule has 3 rings (SSSR count). The highest BCUT2D eigenvalue weighted by Gasteiger charge is 2.16. The van der Waals surface area contributed by atoms with Crippen molar-refractivity contribution in [2.75, 3.05) is 32.2 Å². The summed E-state index contributed by atoms with van der Waals surface area (Å²) in [5.74, 6) is 2.32. The number of nitrogens with zero attached hydrogens (tertiary/aromatic N) is 2. The Labute approximate surface area is 141 Å². The van der Waals surface area contributed by atoms with Crippen LogP contribution in [0, 0.1) is 0 Å². The molecule has 6 heteroatoms. The zero-order valence-electron chi connectivity index (χ0n) is 13.3. The molecule has 1 N–H and O–H groups in total. The highest BCUT2D eigenvalue weighted by atomic mass is 35.5. The van der Waals surface area contributed by atoms with Gasteiger partial charge in [-0.05, 0) is 35.4 Å². The number of anilines is 1. The van der Waals surface area contributed by atoms with Crippen molar-refractivity contribution in [3.8, 4) is 11.5 Å². The van der Waals surface area contributed by atoms with Crippen LogP contribution in [0.15, 0.2) is 30.5 Å². The molecule has 1 aromatic heterocycles. The normalized spacial score (nSPS) is 13.0. The Morgan fingerprint density at radius 1 is 1.13 bits per heavy atom. The number of pyridine rings is 1. The van der Waals surface area contributed by atoms with Gasteiger partial charge in [0.15, 0.2) is 11.5 Å². The topological polar surface area (TPSA) is 46.6 Å². The molecule has 0 amide bonds. The molecule has 122 valence electrons. The molecule has 0 fully saturated rings. The number of hydrogen-bond acceptors (Lipinski definition) is 5. The van der Waals surface area contributed by atoms with Crippen LogP contribution in [-0.4, -0.2) is 32.3 Å². The minimum atomic E-state index is 0.542. The Balaban J connectivity index is 1.63. The first-order valence-electron chi connectivity index (χ1n) is 7.54. The van der Waals surface area contributed by atoms with E-state index < -0.39 is 0 Å². The Bertz CT molecular complexity index is 692. The largest absolute Gasteiger partial charge is 0.486 e. The molecule has 1 aliphatic rings. The SMILES string of the molecule is CN(C)c1cc(CNCc2cc(Cl)c3c(c2)OCCO3)ccn1. The van der Waals surface area contributed by atoms with Crippen molar-refractivity contribution in [1.82, 2.24) is 10.3 Å².